The van der Waals surface area contributed by atoms with Gasteiger partial charge in [0.15, 0.2) is 0 Å². The predicted octanol–water partition coefficient (Wildman–Crippen LogP) is 3.89. The molecule has 1 rings (SSSR count). The number of nitrogens with one attached hydrogen (secondary N) is 1. The molecule has 90 valence electrons. The molecule has 16 heavy (non-hydrogen) atoms. The second-order valence-corrected chi connectivity index (χ2v) is 3.66. The third-order valence-corrected chi connectivity index (χ3v) is 2.01. The fraction of sp³-hybridized carbons (Fsp3) is 0.455. The van der Waals surface area contributed by atoms with Crippen LogP contribution in [0.25, 0.3) is 0 Å². The summed E-state index contributed by atoms with van der Waals surface area (Å²) >= 11 is 0. The lowest BCUT2D eigenvalue weighted by Gasteiger charge is -2.09. The Bertz CT molecular complexity index is 326. The number of halogens is 4. The minimum Gasteiger partial charge on any atom is -0.385 e. The highest BCUT2D eigenvalue weighted by Crippen LogP contribution is 2.21. The van der Waals surface area contributed by atoms with Crippen molar-refractivity contribution in [2.75, 3.05) is 11.9 Å². The first-order chi connectivity index (χ1) is 7.37. The van der Waals surface area contributed by atoms with Crippen LogP contribution in [0.5, 0.6) is 0 Å². The first-order valence-electron chi connectivity index (χ1n) is 4.95. The quantitative estimate of drug-likeness (QED) is 0.616. The summed E-state index contributed by atoms with van der Waals surface area (Å²) < 4.78 is 48.4. The van der Waals surface area contributed by atoms with E-state index in [1.165, 1.54) is 12.1 Å². The molecule has 1 N–H and O–H groups in total. The molecule has 0 aliphatic rings. The third-order valence-electron chi connectivity index (χ3n) is 2.01. The summed E-state index contributed by atoms with van der Waals surface area (Å²) in [6.07, 6.45) is -4.97. The maximum Gasteiger partial charge on any atom is 0.389 e. The van der Waals surface area contributed by atoms with Gasteiger partial charge in [0, 0.05) is 18.7 Å². The van der Waals surface area contributed by atoms with Crippen molar-refractivity contribution >= 4 is 5.69 Å². The lowest BCUT2D eigenvalue weighted by Crippen LogP contribution is -2.11. The molecule has 1 aromatic rings. The average Bonchev–Trinajstić information content (AvgIpc) is 2.09. The number of alkyl halides is 3. The molecule has 0 spiro atoms. The highest BCUT2D eigenvalue weighted by atomic mass is 19.4. The van der Waals surface area contributed by atoms with E-state index in [2.05, 4.69) is 5.32 Å². The van der Waals surface area contributed by atoms with Gasteiger partial charge in [-0.05, 0) is 37.1 Å². The highest BCUT2D eigenvalue weighted by molar-refractivity contribution is 5.45. The fourth-order valence-corrected chi connectivity index (χ4v) is 1.36. The zero-order valence-corrected chi connectivity index (χ0v) is 8.87. The van der Waals surface area contributed by atoms with Crippen LogP contribution in [0.1, 0.15) is 18.4 Å². The van der Waals surface area contributed by atoms with E-state index in [1.807, 2.05) is 0 Å². The fourth-order valence-electron chi connectivity index (χ4n) is 1.36. The Morgan fingerprint density at radius 2 is 1.88 bits per heavy atom. The summed E-state index contributed by atoms with van der Waals surface area (Å²) in [4.78, 5) is 0. The van der Waals surface area contributed by atoms with Crippen molar-refractivity contribution in [2.24, 2.45) is 0 Å². The van der Waals surface area contributed by atoms with Gasteiger partial charge in [0.1, 0.15) is 5.82 Å². The number of benzene rings is 1. The Balaban J connectivity index is 2.37. The second kappa shape index (κ2) is 5.18. The monoisotopic (exact) mass is 235 g/mol. The smallest absolute Gasteiger partial charge is 0.385 e. The molecule has 0 amide bonds. The van der Waals surface area contributed by atoms with Crippen LogP contribution in [0.15, 0.2) is 18.2 Å². The summed E-state index contributed by atoms with van der Waals surface area (Å²) in [7, 11) is 0. The Hall–Kier alpha value is -1.26. The molecular weight excluding hydrogens is 222 g/mol. The molecule has 0 unspecified atom stereocenters. The summed E-state index contributed by atoms with van der Waals surface area (Å²) in [5, 5.41) is 2.76. The van der Waals surface area contributed by atoms with Gasteiger partial charge >= 0.3 is 6.18 Å². The van der Waals surface area contributed by atoms with Crippen molar-refractivity contribution < 1.29 is 17.6 Å². The number of hydrogen-bond donors (Lipinski definition) is 1. The lowest BCUT2D eigenvalue weighted by atomic mass is 10.2. The first-order valence-corrected chi connectivity index (χ1v) is 4.95. The van der Waals surface area contributed by atoms with Crippen molar-refractivity contribution in [3.8, 4) is 0 Å². The Morgan fingerprint density at radius 1 is 1.19 bits per heavy atom. The van der Waals surface area contributed by atoms with Gasteiger partial charge in [-0.1, -0.05) is 0 Å². The summed E-state index contributed by atoms with van der Waals surface area (Å²) in [5.41, 5.74) is 1.25. The third kappa shape index (κ3) is 5.00. The lowest BCUT2D eigenvalue weighted by molar-refractivity contribution is -0.134. The molecule has 0 saturated heterocycles. The van der Waals surface area contributed by atoms with Gasteiger partial charge in [-0.3, -0.25) is 0 Å². The molecule has 1 nitrogen and oxygen atoms in total. The number of rotatable bonds is 4. The van der Waals surface area contributed by atoms with Crippen LogP contribution in [0.4, 0.5) is 23.2 Å². The van der Waals surface area contributed by atoms with Gasteiger partial charge in [0.25, 0.3) is 0 Å². The van der Waals surface area contributed by atoms with E-state index >= 15 is 0 Å². The molecule has 0 radical (unpaired) electrons. The van der Waals surface area contributed by atoms with E-state index in [1.54, 1.807) is 13.0 Å². The van der Waals surface area contributed by atoms with Crippen LogP contribution < -0.4 is 5.32 Å². The molecule has 0 fully saturated rings. The minimum atomic E-state index is -4.13. The molecule has 0 atom stereocenters. The second-order valence-electron chi connectivity index (χ2n) is 3.66. The summed E-state index contributed by atoms with van der Waals surface area (Å²) in [6.45, 7) is 1.91. The Kier molecular flexibility index (Phi) is 4.15. The largest absolute Gasteiger partial charge is 0.389 e. The van der Waals surface area contributed by atoms with Crippen molar-refractivity contribution in [1.29, 1.82) is 0 Å². The van der Waals surface area contributed by atoms with Crippen molar-refractivity contribution in [3.63, 3.8) is 0 Å². The van der Waals surface area contributed by atoms with Crippen LogP contribution in [0, 0.1) is 12.7 Å². The maximum atomic E-state index is 12.9. The molecule has 0 bridgehead atoms. The Labute approximate surface area is 91.5 Å². The van der Waals surface area contributed by atoms with Gasteiger partial charge in [-0.15, -0.1) is 0 Å². The zero-order valence-electron chi connectivity index (χ0n) is 8.87. The Morgan fingerprint density at radius 3 is 2.44 bits per heavy atom. The highest BCUT2D eigenvalue weighted by Gasteiger charge is 2.25. The molecule has 0 heterocycles. The molecular formula is C11H13F4N. The van der Waals surface area contributed by atoms with Crippen LogP contribution in [0.2, 0.25) is 0 Å². The van der Waals surface area contributed by atoms with E-state index in [4.69, 9.17) is 0 Å². The first kappa shape index (κ1) is 12.8. The van der Waals surface area contributed by atoms with E-state index < -0.39 is 18.4 Å². The van der Waals surface area contributed by atoms with Crippen molar-refractivity contribution in [1.82, 2.24) is 0 Å². The molecule has 0 aliphatic heterocycles. The van der Waals surface area contributed by atoms with Gasteiger partial charge in [-0.2, -0.15) is 13.2 Å². The van der Waals surface area contributed by atoms with Gasteiger partial charge in [0.05, 0.1) is 0 Å². The number of aryl methyl sites for hydroxylation is 1. The van der Waals surface area contributed by atoms with Gasteiger partial charge in [-0.25, -0.2) is 4.39 Å². The standard InChI is InChI=1S/C11H13F4N/c1-8-5-9(12)7-10(6-8)16-4-2-3-11(13,14)15/h5-7,16H,2-4H2,1H3. The molecule has 0 aliphatic carbocycles. The molecule has 1 aromatic carbocycles. The molecule has 5 heteroatoms. The van der Waals surface area contributed by atoms with Crippen molar-refractivity contribution in [3.05, 3.63) is 29.6 Å². The van der Waals surface area contributed by atoms with E-state index in [0.717, 1.165) is 5.56 Å². The van der Waals surface area contributed by atoms with Gasteiger partial charge < -0.3 is 5.32 Å². The van der Waals surface area contributed by atoms with Crippen LogP contribution in [-0.4, -0.2) is 12.7 Å². The predicted molar refractivity (Wildman–Crippen MR) is 54.9 cm³/mol. The topological polar surface area (TPSA) is 12.0 Å². The number of hydrogen-bond acceptors (Lipinski definition) is 1. The zero-order chi connectivity index (χ0) is 12.2. The average molecular weight is 235 g/mol. The van der Waals surface area contributed by atoms with E-state index in [0.29, 0.717) is 5.69 Å². The molecule has 0 saturated carbocycles. The maximum absolute atomic E-state index is 12.9. The van der Waals surface area contributed by atoms with Gasteiger partial charge in [0.2, 0.25) is 0 Å². The van der Waals surface area contributed by atoms with Crippen LogP contribution >= 0.6 is 0 Å². The van der Waals surface area contributed by atoms with Crippen LogP contribution in [-0.2, 0) is 0 Å². The summed E-state index contributed by atoms with van der Waals surface area (Å²) in [5.74, 6) is -0.390. The van der Waals surface area contributed by atoms with Crippen molar-refractivity contribution in [2.45, 2.75) is 25.9 Å². The molecule has 0 aromatic heterocycles. The van der Waals surface area contributed by atoms with E-state index in [-0.39, 0.29) is 13.0 Å². The number of anilines is 1. The van der Waals surface area contributed by atoms with Crippen LogP contribution in [0.3, 0.4) is 0 Å². The van der Waals surface area contributed by atoms with E-state index in [9.17, 15) is 17.6 Å². The summed E-state index contributed by atoms with van der Waals surface area (Å²) in [6, 6.07) is 4.32. The normalized spacial score (nSPS) is 11.6. The minimum absolute atomic E-state index is 0.0148. The SMILES string of the molecule is Cc1cc(F)cc(NCCCC(F)(F)F)c1.